The summed E-state index contributed by atoms with van der Waals surface area (Å²) in [7, 11) is 5.71. The highest BCUT2D eigenvalue weighted by atomic mass is 16.5. The SMILES string of the molecule is COCCNC(=O)Cn1c(C)cc(C(=O)NCCCN(CCCCN(CCC(NC(=O)c2cc(C)n(CC(=O)NCCOC)c(=O)c2O)C(C)=O)C(=O)c2cc(C)n(CC(=O)NCCOC)c(=O)c2O)C(=O)c2cc(C)n(CC(=O)NCCOC)c(=O)c2O)c(O)c1=O. The van der Waals surface area contributed by atoms with Crippen molar-refractivity contribution in [2.45, 2.75) is 92.5 Å². The summed E-state index contributed by atoms with van der Waals surface area (Å²) in [5.41, 5.74) is -5.75. The maximum absolute atomic E-state index is 14.7. The van der Waals surface area contributed by atoms with Gasteiger partial charge in [-0.3, -0.25) is 62.3 Å². The number of carbonyl (C=O) groups is 9. The van der Waals surface area contributed by atoms with E-state index in [0.29, 0.717) is 0 Å². The highest BCUT2D eigenvalue weighted by Crippen LogP contribution is 2.22. The average Bonchev–Trinajstić information content (AvgIpc) is 0.842. The monoisotopic (exact) mass is 1310 g/mol. The van der Waals surface area contributed by atoms with Gasteiger partial charge < -0.3 is 99.3 Å². The van der Waals surface area contributed by atoms with Gasteiger partial charge in [0.1, 0.15) is 26.2 Å². The van der Waals surface area contributed by atoms with E-state index < -0.39 is 153 Å². The third-order valence-electron chi connectivity index (χ3n) is 14.7. The number of hydrogen-bond acceptors (Lipinski definition) is 21. The molecule has 0 saturated heterocycles. The third kappa shape index (κ3) is 21.4. The molecule has 0 fully saturated rings. The molecule has 10 N–H and O–H groups in total. The fraction of sp³-hybridized carbons (Fsp3) is 0.517. The molecular formula is C60H84N12O21. The zero-order valence-electron chi connectivity index (χ0n) is 53.6. The van der Waals surface area contributed by atoms with Crippen molar-refractivity contribution in [3.05, 3.63) is 111 Å². The van der Waals surface area contributed by atoms with Crippen molar-refractivity contribution in [1.29, 1.82) is 0 Å². The molecule has 0 aliphatic rings. The van der Waals surface area contributed by atoms with Crippen molar-refractivity contribution < 1.29 is 82.5 Å². The first kappa shape index (κ1) is 75.7. The Morgan fingerprint density at radius 1 is 0.419 bits per heavy atom. The molecule has 0 radical (unpaired) electrons. The van der Waals surface area contributed by atoms with E-state index in [2.05, 4.69) is 31.9 Å². The first-order valence-corrected chi connectivity index (χ1v) is 29.6. The summed E-state index contributed by atoms with van der Waals surface area (Å²) in [6.07, 6.45) is -0.356. The molecule has 8 amide bonds. The van der Waals surface area contributed by atoms with Crippen molar-refractivity contribution in [3.8, 4) is 23.0 Å². The zero-order chi connectivity index (χ0) is 69.2. The van der Waals surface area contributed by atoms with Crippen LogP contribution in [0.4, 0.5) is 0 Å². The number of hydrogen-bond donors (Lipinski definition) is 10. The lowest BCUT2D eigenvalue weighted by Crippen LogP contribution is -2.44. The van der Waals surface area contributed by atoms with Crippen LogP contribution in [0.15, 0.2) is 43.4 Å². The molecule has 1 atom stereocenters. The van der Waals surface area contributed by atoms with Crippen molar-refractivity contribution in [2.24, 2.45) is 0 Å². The summed E-state index contributed by atoms with van der Waals surface area (Å²) in [6, 6.07) is 3.31. The van der Waals surface area contributed by atoms with Gasteiger partial charge in [-0.05, 0) is 84.6 Å². The summed E-state index contributed by atoms with van der Waals surface area (Å²) < 4.78 is 23.5. The fourth-order valence-electron chi connectivity index (χ4n) is 9.50. The number of methoxy groups -OCH3 is 4. The number of amides is 8. The number of ketones is 1. The Labute approximate surface area is 533 Å². The van der Waals surface area contributed by atoms with Crippen molar-refractivity contribution in [2.75, 3.05) is 114 Å². The number of unbranched alkanes of at least 4 members (excludes halogenated alkanes) is 1. The Bertz CT molecular complexity index is 3630. The van der Waals surface area contributed by atoms with Gasteiger partial charge in [-0.25, -0.2) is 0 Å². The van der Waals surface area contributed by atoms with E-state index in [4.69, 9.17) is 18.9 Å². The van der Waals surface area contributed by atoms with Crippen LogP contribution in [0.2, 0.25) is 0 Å². The molecule has 93 heavy (non-hydrogen) atoms. The molecule has 0 aliphatic heterocycles. The van der Waals surface area contributed by atoms with E-state index in [1.54, 1.807) is 0 Å². The minimum atomic E-state index is -1.41. The standard InChI is InChI=1S/C60H84N12O21/c1-35-27-40(49(78)57(86)69(35)31-45(74)61-15-23-90-6)53(82)65-14-12-21-67(55(84)42-29-37(3)71(59(88)51(42)80)33-47(76)63-17-25-92-8)19-10-11-20-68(56(85)43-30-38(4)72(60(89)52(43)81)34-48(77)64-18-26-93-9)22-13-44(39(5)73)66-54(83)41-28-36(2)70(58(87)50(41)79)32-46(75)62-16-24-91-7/h27-30,44,78-81H,10-26,31-34H2,1-9H3,(H,61,74)(H,62,75)(H,63,76)(H,64,77)(H,65,82)(H,66,83). The maximum atomic E-state index is 14.7. The summed E-state index contributed by atoms with van der Waals surface area (Å²) in [5, 5.41) is 59.7. The van der Waals surface area contributed by atoms with E-state index in [1.165, 1.54) is 79.2 Å². The van der Waals surface area contributed by atoms with Crippen LogP contribution in [0.1, 0.15) is 96.8 Å². The minimum Gasteiger partial charge on any atom is -0.502 e. The lowest BCUT2D eigenvalue weighted by molar-refractivity contribution is -0.122. The molecule has 510 valence electrons. The lowest BCUT2D eigenvalue weighted by atomic mass is 10.1. The highest BCUT2D eigenvalue weighted by Gasteiger charge is 2.30. The fourth-order valence-corrected chi connectivity index (χ4v) is 9.50. The van der Waals surface area contributed by atoms with Gasteiger partial charge in [0.2, 0.25) is 23.6 Å². The van der Waals surface area contributed by atoms with Gasteiger partial charge in [-0.15, -0.1) is 0 Å². The average molecular weight is 1310 g/mol. The number of nitrogens with one attached hydrogen (secondary N) is 6. The topological polar surface area (TPSA) is 438 Å². The second kappa shape index (κ2) is 36.9. The smallest absolute Gasteiger partial charge is 0.294 e. The van der Waals surface area contributed by atoms with Gasteiger partial charge in [0.15, 0.2) is 28.8 Å². The van der Waals surface area contributed by atoms with Crippen LogP contribution in [-0.4, -0.2) is 221 Å². The van der Waals surface area contributed by atoms with E-state index in [-0.39, 0.29) is 134 Å². The third-order valence-corrected chi connectivity index (χ3v) is 14.7. The van der Waals surface area contributed by atoms with E-state index in [9.17, 15) is 82.8 Å². The Morgan fingerprint density at radius 2 is 0.710 bits per heavy atom. The summed E-state index contributed by atoms with van der Waals surface area (Å²) in [4.78, 5) is 176. The van der Waals surface area contributed by atoms with Gasteiger partial charge in [0.25, 0.3) is 45.9 Å². The number of aryl methyl sites for hydroxylation is 4. The van der Waals surface area contributed by atoms with Crippen LogP contribution in [0.3, 0.4) is 0 Å². The number of pyridine rings is 4. The van der Waals surface area contributed by atoms with Gasteiger partial charge in [0.05, 0.1) is 54.7 Å². The molecule has 33 heteroatoms. The molecule has 0 aliphatic carbocycles. The van der Waals surface area contributed by atoms with Crippen LogP contribution in [-0.2, 0) is 69.1 Å². The Kier molecular flexibility index (Phi) is 30.1. The second-order valence-electron chi connectivity index (χ2n) is 21.5. The van der Waals surface area contributed by atoms with Crippen LogP contribution < -0.4 is 54.1 Å². The molecule has 4 aromatic heterocycles. The molecular weight excluding hydrogens is 1220 g/mol. The van der Waals surface area contributed by atoms with Gasteiger partial charge in [0, 0.05) is 110 Å². The highest BCUT2D eigenvalue weighted by molar-refractivity contribution is 6.00. The Balaban J connectivity index is 1.68. The number of aromatic nitrogens is 4. The first-order valence-electron chi connectivity index (χ1n) is 29.6. The molecule has 4 rings (SSSR count). The lowest BCUT2D eigenvalue weighted by Gasteiger charge is -2.27. The van der Waals surface area contributed by atoms with Crippen molar-refractivity contribution in [1.82, 2.24) is 60.0 Å². The van der Waals surface area contributed by atoms with Crippen LogP contribution in [0.25, 0.3) is 0 Å². The largest absolute Gasteiger partial charge is 0.502 e. The summed E-state index contributed by atoms with van der Waals surface area (Å²) in [6.45, 7) is 4.82. The molecule has 33 nitrogen and oxygen atoms in total. The first-order chi connectivity index (χ1) is 44.1. The number of rotatable bonds is 38. The molecule has 1 unspecified atom stereocenters. The molecule has 4 aromatic rings. The van der Waals surface area contributed by atoms with Crippen molar-refractivity contribution in [3.63, 3.8) is 0 Å². The summed E-state index contributed by atoms with van der Waals surface area (Å²) in [5.74, 6) is -10.8. The Hall–Kier alpha value is -9.73. The normalized spacial score (nSPS) is 11.3. The number of ether oxygens (including phenoxy) is 4. The van der Waals surface area contributed by atoms with Gasteiger partial charge >= 0.3 is 0 Å². The van der Waals surface area contributed by atoms with Crippen molar-refractivity contribution >= 4 is 53.0 Å². The van der Waals surface area contributed by atoms with Crippen LogP contribution in [0.5, 0.6) is 23.0 Å². The predicted molar refractivity (Wildman–Crippen MR) is 333 cm³/mol. The number of Topliss-reactive ketones (excluding diaryl/α,β-unsaturated/α-hetero) is 1. The van der Waals surface area contributed by atoms with E-state index >= 15 is 0 Å². The van der Waals surface area contributed by atoms with Crippen LogP contribution >= 0.6 is 0 Å². The van der Waals surface area contributed by atoms with Gasteiger partial charge in [-0.2, -0.15) is 0 Å². The maximum Gasteiger partial charge on any atom is 0.294 e. The van der Waals surface area contributed by atoms with E-state index in [1.807, 2.05) is 0 Å². The van der Waals surface area contributed by atoms with Crippen LogP contribution in [0, 0.1) is 27.7 Å². The van der Waals surface area contributed by atoms with Gasteiger partial charge in [-0.1, -0.05) is 0 Å². The molecule has 0 saturated carbocycles. The number of nitrogens with zero attached hydrogens (tertiary/aromatic N) is 6. The molecule has 0 spiro atoms. The second-order valence-corrected chi connectivity index (χ2v) is 21.5. The quantitative estimate of drug-likeness (QED) is 0.0206. The number of carbonyl (C=O) groups excluding carboxylic acids is 9. The molecule has 0 bridgehead atoms. The summed E-state index contributed by atoms with van der Waals surface area (Å²) >= 11 is 0. The predicted octanol–water partition coefficient (Wildman–Crippen LogP) is -2.60. The zero-order valence-corrected chi connectivity index (χ0v) is 53.6. The minimum absolute atomic E-state index is 0.000574. The Morgan fingerprint density at radius 3 is 1.03 bits per heavy atom. The number of aromatic hydroxyl groups is 4. The molecule has 0 aromatic carbocycles. The van der Waals surface area contributed by atoms with E-state index in [0.717, 1.165) is 36.2 Å². The molecule has 4 heterocycles.